The van der Waals surface area contributed by atoms with Crippen molar-refractivity contribution in [3.63, 3.8) is 0 Å². The van der Waals surface area contributed by atoms with Gasteiger partial charge in [0.25, 0.3) is 5.56 Å². The van der Waals surface area contributed by atoms with Gasteiger partial charge in [-0.3, -0.25) is 9.36 Å². The molecule has 7 heteroatoms. The standard InChI is InChI=1S/C12H14N4O3/c1-15-7-9(13)11(17)16(12(15)18)6-8-4-3-5-10(14-8)19-2/h3-5,7H,6,13H2,1-2H3. The van der Waals surface area contributed by atoms with E-state index >= 15 is 0 Å². The molecule has 2 N–H and O–H groups in total. The number of hydrogen-bond donors (Lipinski definition) is 1. The molecule has 0 aliphatic heterocycles. The fraction of sp³-hybridized carbons (Fsp3) is 0.250. The highest BCUT2D eigenvalue weighted by atomic mass is 16.5. The van der Waals surface area contributed by atoms with Crippen LogP contribution in [0.1, 0.15) is 5.69 Å². The lowest BCUT2D eigenvalue weighted by atomic mass is 10.3. The van der Waals surface area contributed by atoms with Crippen molar-refractivity contribution in [2.75, 3.05) is 12.8 Å². The molecular weight excluding hydrogens is 248 g/mol. The zero-order chi connectivity index (χ0) is 14.0. The molecule has 19 heavy (non-hydrogen) atoms. The number of rotatable bonds is 3. The third-order valence-corrected chi connectivity index (χ3v) is 2.67. The third-order valence-electron chi connectivity index (χ3n) is 2.67. The molecule has 0 fully saturated rings. The van der Waals surface area contributed by atoms with Gasteiger partial charge in [0.2, 0.25) is 5.88 Å². The van der Waals surface area contributed by atoms with Crippen molar-refractivity contribution in [3.05, 3.63) is 50.9 Å². The summed E-state index contributed by atoms with van der Waals surface area (Å²) in [7, 11) is 3.03. The second-order valence-corrected chi connectivity index (χ2v) is 4.04. The van der Waals surface area contributed by atoms with Gasteiger partial charge in [0.15, 0.2) is 0 Å². The van der Waals surface area contributed by atoms with Gasteiger partial charge in [0.1, 0.15) is 5.69 Å². The maximum Gasteiger partial charge on any atom is 0.331 e. The van der Waals surface area contributed by atoms with Crippen LogP contribution in [0.25, 0.3) is 0 Å². The average molecular weight is 262 g/mol. The Morgan fingerprint density at radius 2 is 2.11 bits per heavy atom. The fourth-order valence-corrected chi connectivity index (χ4v) is 1.71. The van der Waals surface area contributed by atoms with E-state index in [1.807, 2.05) is 0 Å². The SMILES string of the molecule is COc1cccc(Cn2c(=O)c(N)cn(C)c2=O)n1. The molecular formula is C12H14N4O3. The van der Waals surface area contributed by atoms with E-state index in [4.69, 9.17) is 10.5 Å². The highest BCUT2D eigenvalue weighted by molar-refractivity contribution is 5.31. The van der Waals surface area contributed by atoms with Gasteiger partial charge in [-0.15, -0.1) is 0 Å². The number of nitrogen functional groups attached to an aromatic ring is 1. The monoisotopic (exact) mass is 262 g/mol. The molecule has 0 saturated carbocycles. The molecule has 0 aromatic carbocycles. The first-order valence-corrected chi connectivity index (χ1v) is 5.59. The Morgan fingerprint density at radius 1 is 1.37 bits per heavy atom. The van der Waals surface area contributed by atoms with Gasteiger partial charge in [-0.2, -0.15) is 0 Å². The number of aromatic nitrogens is 3. The number of pyridine rings is 1. The third kappa shape index (κ3) is 2.49. The van der Waals surface area contributed by atoms with Gasteiger partial charge >= 0.3 is 5.69 Å². The van der Waals surface area contributed by atoms with Crippen LogP contribution >= 0.6 is 0 Å². The highest BCUT2D eigenvalue weighted by Crippen LogP contribution is 2.06. The molecule has 0 spiro atoms. The number of anilines is 1. The summed E-state index contributed by atoms with van der Waals surface area (Å²) in [6.45, 7) is 0.0494. The Kier molecular flexibility index (Phi) is 3.37. The van der Waals surface area contributed by atoms with Crippen molar-refractivity contribution in [2.24, 2.45) is 7.05 Å². The first-order chi connectivity index (χ1) is 9.02. The Hall–Kier alpha value is -2.57. The molecule has 0 bridgehead atoms. The predicted octanol–water partition coefficient (Wildman–Crippen LogP) is -0.419. The number of hydrogen-bond acceptors (Lipinski definition) is 5. The van der Waals surface area contributed by atoms with Crippen molar-refractivity contribution < 1.29 is 4.74 Å². The minimum atomic E-state index is -0.521. The van der Waals surface area contributed by atoms with Crippen LogP contribution in [-0.4, -0.2) is 21.2 Å². The molecule has 0 radical (unpaired) electrons. The van der Waals surface area contributed by atoms with Crippen LogP contribution in [0.3, 0.4) is 0 Å². The molecule has 0 aliphatic rings. The van der Waals surface area contributed by atoms with Crippen LogP contribution in [0.2, 0.25) is 0 Å². The summed E-state index contributed by atoms with van der Waals surface area (Å²) in [6, 6.07) is 5.13. The van der Waals surface area contributed by atoms with E-state index in [1.54, 1.807) is 18.2 Å². The van der Waals surface area contributed by atoms with Crippen molar-refractivity contribution >= 4 is 5.69 Å². The van der Waals surface area contributed by atoms with Gasteiger partial charge in [0, 0.05) is 19.3 Å². The zero-order valence-corrected chi connectivity index (χ0v) is 10.7. The molecule has 2 aromatic rings. The summed E-state index contributed by atoms with van der Waals surface area (Å²) >= 11 is 0. The van der Waals surface area contributed by atoms with Crippen LogP contribution in [0.5, 0.6) is 5.88 Å². The summed E-state index contributed by atoms with van der Waals surface area (Å²) < 4.78 is 7.29. The molecule has 7 nitrogen and oxygen atoms in total. The van der Waals surface area contributed by atoms with E-state index < -0.39 is 11.2 Å². The Bertz CT molecular complexity index is 683. The molecule has 100 valence electrons. The molecule has 0 atom stereocenters. The summed E-state index contributed by atoms with van der Waals surface area (Å²) in [5.74, 6) is 0.422. The number of methoxy groups -OCH3 is 1. The highest BCUT2D eigenvalue weighted by Gasteiger charge is 2.09. The van der Waals surface area contributed by atoms with Crippen LogP contribution < -0.4 is 21.7 Å². The minimum Gasteiger partial charge on any atom is -0.481 e. The first kappa shape index (κ1) is 12.9. The van der Waals surface area contributed by atoms with E-state index in [2.05, 4.69) is 4.98 Å². The second-order valence-electron chi connectivity index (χ2n) is 4.04. The fourth-order valence-electron chi connectivity index (χ4n) is 1.71. The van der Waals surface area contributed by atoms with Gasteiger partial charge in [0.05, 0.1) is 19.3 Å². The molecule has 0 unspecified atom stereocenters. The molecule has 0 aliphatic carbocycles. The van der Waals surface area contributed by atoms with Crippen molar-refractivity contribution in [1.29, 1.82) is 0 Å². The van der Waals surface area contributed by atoms with E-state index in [0.717, 1.165) is 4.57 Å². The van der Waals surface area contributed by atoms with Crippen LogP contribution in [0, 0.1) is 0 Å². The van der Waals surface area contributed by atoms with E-state index in [-0.39, 0.29) is 12.2 Å². The Morgan fingerprint density at radius 3 is 2.79 bits per heavy atom. The maximum atomic E-state index is 11.9. The second kappa shape index (κ2) is 4.97. The normalized spacial score (nSPS) is 10.4. The van der Waals surface area contributed by atoms with Crippen LogP contribution in [0.15, 0.2) is 34.0 Å². The van der Waals surface area contributed by atoms with Gasteiger partial charge < -0.3 is 15.0 Å². The predicted molar refractivity (Wildman–Crippen MR) is 70.2 cm³/mol. The van der Waals surface area contributed by atoms with Crippen molar-refractivity contribution in [1.82, 2.24) is 14.1 Å². The van der Waals surface area contributed by atoms with E-state index in [1.165, 1.54) is 24.9 Å². The lowest BCUT2D eigenvalue weighted by Gasteiger charge is -2.08. The van der Waals surface area contributed by atoms with Gasteiger partial charge in [-0.25, -0.2) is 9.78 Å². The number of nitrogens with two attached hydrogens (primary N) is 1. The summed E-state index contributed by atoms with van der Waals surface area (Å²) in [5.41, 5.74) is 5.16. The summed E-state index contributed by atoms with van der Waals surface area (Å²) in [6.07, 6.45) is 1.31. The van der Waals surface area contributed by atoms with Gasteiger partial charge in [-0.1, -0.05) is 6.07 Å². The number of ether oxygens (including phenoxy) is 1. The van der Waals surface area contributed by atoms with E-state index in [0.29, 0.717) is 11.6 Å². The lowest BCUT2D eigenvalue weighted by Crippen LogP contribution is -2.40. The van der Waals surface area contributed by atoms with E-state index in [9.17, 15) is 9.59 Å². The molecule has 2 aromatic heterocycles. The number of aryl methyl sites for hydroxylation is 1. The van der Waals surface area contributed by atoms with Crippen LogP contribution in [-0.2, 0) is 13.6 Å². The lowest BCUT2D eigenvalue weighted by molar-refractivity contribution is 0.395. The largest absolute Gasteiger partial charge is 0.481 e. The zero-order valence-electron chi connectivity index (χ0n) is 10.7. The Balaban J connectivity index is 2.49. The molecule has 2 rings (SSSR count). The summed E-state index contributed by atoms with van der Waals surface area (Å²) in [4.78, 5) is 27.9. The van der Waals surface area contributed by atoms with Crippen LogP contribution in [0.4, 0.5) is 5.69 Å². The Labute approximate surface area is 108 Å². The number of nitrogens with zero attached hydrogens (tertiary/aromatic N) is 3. The topological polar surface area (TPSA) is 92.1 Å². The van der Waals surface area contributed by atoms with Crippen molar-refractivity contribution in [2.45, 2.75) is 6.54 Å². The smallest absolute Gasteiger partial charge is 0.331 e. The van der Waals surface area contributed by atoms with Gasteiger partial charge in [-0.05, 0) is 6.07 Å². The average Bonchev–Trinajstić information content (AvgIpc) is 2.41. The summed E-state index contributed by atoms with van der Waals surface area (Å²) in [5, 5.41) is 0. The molecule has 2 heterocycles. The maximum absolute atomic E-state index is 11.9. The molecule has 0 saturated heterocycles. The minimum absolute atomic E-state index is 0.0185. The molecule has 0 amide bonds. The quantitative estimate of drug-likeness (QED) is 0.811. The first-order valence-electron chi connectivity index (χ1n) is 5.59. The van der Waals surface area contributed by atoms with Crippen molar-refractivity contribution in [3.8, 4) is 5.88 Å².